The number of para-hydroxylation sites is 4. The van der Waals surface area contributed by atoms with Gasteiger partial charge < -0.3 is 19.5 Å². The normalized spacial score (nSPS) is 13.1. The molecule has 0 radical (unpaired) electrons. The van der Waals surface area contributed by atoms with Crippen molar-refractivity contribution in [2.24, 2.45) is 0 Å². The molecule has 4 aromatic rings. The maximum Gasteiger partial charge on any atom is 0.524 e. The number of ether oxygens (including phenoxy) is 1. The first-order valence-corrected chi connectivity index (χ1v) is 14.0. The largest absolute Gasteiger partial charge is 0.524 e. The molecule has 8 heteroatoms. The topological polar surface area (TPSA) is 116 Å². The lowest BCUT2D eigenvalue weighted by Gasteiger charge is -2.20. The van der Waals surface area contributed by atoms with Crippen molar-refractivity contribution in [1.29, 1.82) is 0 Å². The summed E-state index contributed by atoms with van der Waals surface area (Å²) in [5.41, 5.74) is 5.44. The summed E-state index contributed by atoms with van der Waals surface area (Å²) < 4.78 is 23.3. The average Bonchev–Trinajstić information content (AvgIpc) is 2.86. The minimum atomic E-state index is -4.88. The third-order valence-electron chi connectivity index (χ3n) is 6.79. The van der Waals surface area contributed by atoms with Gasteiger partial charge in [0.15, 0.2) is 0 Å². The molecule has 4 N–H and O–H groups in total. The van der Waals surface area contributed by atoms with E-state index in [1.165, 1.54) is 0 Å². The molecule has 0 amide bonds. The second-order valence-corrected chi connectivity index (χ2v) is 10.5. The van der Waals surface area contributed by atoms with Crippen LogP contribution in [0.25, 0.3) is 0 Å². The van der Waals surface area contributed by atoms with E-state index in [4.69, 9.17) is 9.26 Å². The van der Waals surface area contributed by atoms with Crippen LogP contribution in [0.15, 0.2) is 72.8 Å². The quantitative estimate of drug-likeness (QED) is 0.221. The van der Waals surface area contributed by atoms with Crippen molar-refractivity contribution in [2.45, 2.75) is 32.6 Å². The molecular weight excluding hydrogens is 503 g/mol. The number of phenols is 2. The fourth-order valence-corrected chi connectivity index (χ4v) is 5.55. The number of benzene rings is 4. The fraction of sp³-hybridized carbons (Fsp3) is 0.200. The highest BCUT2D eigenvalue weighted by molar-refractivity contribution is 7.46. The molecule has 0 aromatic heterocycles. The molecule has 8 bridgehead atoms. The van der Waals surface area contributed by atoms with Crippen molar-refractivity contribution in [3.8, 4) is 23.0 Å². The summed E-state index contributed by atoms with van der Waals surface area (Å²) >= 11 is 0. The number of phosphoric ester groups is 1. The minimum absolute atomic E-state index is 0.0702. The van der Waals surface area contributed by atoms with E-state index in [2.05, 4.69) is 0 Å². The van der Waals surface area contributed by atoms with E-state index in [0.717, 1.165) is 16.7 Å². The summed E-state index contributed by atoms with van der Waals surface area (Å²) in [6, 6.07) is 22.1. The molecule has 196 valence electrons. The number of phenolic OH excluding ortho intramolecular Hbond substituents is 2. The average molecular weight is 533 g/mol. The van der Waals surface area contributed by atoms with Gasteiger partial charge in [0, 0.05) is 25.7 Å². The predicted octanol–water partition coefficient (Wildman–Crippen LogP) is 5.64. The van der Waals surface area contributed by atoms with Gasteiger partial charge in [-0.05, 0) is 51.4 Å². The molecule has 0 unspecified atom stereocenters. The Morgan fingerprint density at radius 2 is 0.921 bits per heavy atom. The fourth-order valence-electron chi connectivity index (χ4n) is 5.08. The van der Waals surface area contributed by atoms with E-state index in [0.29, 0.717) is 59.4 Å². The highest BCUT2D eigenvalue weighted by Gasteiger charge is 2.24. The molecule has 0 atom stereocenters. The van der Waals surface area contributed by atoms with Crippen LogP contribution >= 0.6 is 7.82 Å². The molecular formula is C30H29O7P. The highest BCUT2D eigenvalue weighted by atomic mass is 31.2. The smallest absolute Gasteiger partial charge is 0.507 e. The van der Waals surface area contributed by atoms with E-state index >= 15 is 0 Å². The number of phosphoric acid groups is 1. The first-order chi connectivity index (χ1) is 18.2. The first-order valence-electron chi connectivity index (χ1n) is 12.4. The van der Waals surface area contributed by atoms with E-state index < -0.39 is 7.82 Å². The second-order valence-electron chi connectivity index (χ2n) is 9.38. The first kappa shape index (κ1) is 25.9. The van der Waals surface area contributed by atoms with Crippen LogP contribution in [-0.4, -0.2) is 26.6 Å². The van der Waals surface area contributed by atoms with Crippen LogP contribution in [0.1, 0.15) is 51.4 Å². The molecule has 7 nitrogen and oxygen atoms in total. The predicted molar refractivity (Wildman–Crippen MR) is 144 cm³/mol. The Kier molecular flexibility index (Phi) is 7.17. The number of hydrogen-bond donors (Lipinski definition) is 4. The van der Waals surface area contributed by atoms with Crippen molar-refractivity contribution in [2.75, 3.05) is 6.61 Å². The Bertz CT molecular complexity index is 1540. The molecule has 1 aliphatic carbocycles. The molecule has 0 heterocycles. The lowest BCUT2D eigenvalue weighted by Crippen LogP contribution is -2.06. The van der Waals surface area contributed by atoms with Crippen LogP contribution in [0.4, 0.5) is 0 Å². The highest BCUT2D eigenvalue weighted by Crippen LogP contribution is 2.44. The molecule has 4 aromatic carbocycles. The lowest BCUT2D eigenvalue weighted by molar-refractivity contribution is 0.281. The Morgan fingerprint density at radius 1 is 0.605 bits per heavy atom. The molecule has 0 aliphatic heterocycles. The molecule has 0 spiro atoms. The van der Waals surface area contributed by atoms with Gasteiger partial charge in [0.25, 0.3) is 0 Å². The van der Waals surface area contributed by atoms with Crippen LogP contribution in [0, 0.1) is 0 Å². The summed E-state index contributed by atoms with van der Waals surface area (Å²) in [7, 11) is -4.88. The maximum absolute atomic E-state index is 12.0. The van der Waals surface area contributed by atoms with Crippen molar-refractivity contribution in [1.82, 2.24) is 0 Å². The zero-order chi connectivity index (χ0) is 26.9. The van der Waals surface area contributed by atoms with Crippen molar-refractivity contribution < 1.29 is 33.8 Å². The standard InChI is InChI=1S/C30H29O7P/c1-2-36-29-23-11-5-12-24(29)18-26-14-6-13-25(30(26)37-38(33,34)35)17-22-10-4-8-20(28(22)32)15-19-7-3-9-21(16-23)27(19)31/h3-14,31-32H,2,15-18H2,1H3,(H2,33,34,35). The van der Waals surface area contributed by atoms with Gasteiger partial charge in [-0.25, -0.2) is 4.57 Å². The van der Waals surface area contributed by atoms with Gasteiger partial charge in [0.05, 0.1) is 6.61 Å². The van der Waals surface area contributed by atoms with Gasteiger partial charge in [0.2, 0.25) is 0 Å². The van der Waals surface area contributed by atoms with Gasteiger partial charge in [0.1, 0.15) is 23.0 Å². The summed E-state index contributed by atoms with van der Waals surface area (Å²) in [5, 5.41) is 22.3. The Labute approximate surface area is 221 Å². The Balaban J connectivity index is 1.75. The van der Waals surface area contributed by atoms with E-state index in [1.54, 1.807) is 24.3 Å². The summed E-state index contributed by atoms with van der Waals surface area (Å²) in [6.45, 7) is 2.32. The second kappa shape index (κ2) is 10.5. The van der Waals surface area contributed by atoms with Crippen LogP contribution in [-0.2, 0) is 30.2 Å². The third kappa shape index (κ3) is 5.41. The Morgan fingerprint density at radius 3 is 1.29 bits per heavy atom. The maximum atomic E-state index is 12.0. The zero-order valence-electron chi connectivity index (χ0n) is 20.9. The van der Waals surface area contributed by atoms with Crippen LogP contribution in [0.5, 0.6) is 23.0 Å². The summed E-state index contributed by atoms with van der Waals surface area (Å²) in [4.78, 5) is 19.5. The molecule has 0 saturated carbocycles. The number of aromatic hydroxyl groups is 2. The van der Waals surface area contributed by atoms with Crippen molar-refractivity contribution >= 4 is 7.82 Å². The van der Waals surface area contributed by atoms with Crippen LogP contribution < -0.4 is 9.26 Å². The lowest BCUT2D eigenvalue weighted by atomic mass is 9.91. The van der Waals surface area contributed by atoms with Gasteiger partial charge >= 0.3 is 7.82 Å². The molecule has 0 saturated heterocycles. The summed E-state index contributed by atoms with van der Waals surface area (Å²) in [6.07, 6.45) is 1.21. The van der Waals surface area contributed by atoms with Crippen molar-refractivity contribution in [3.63, 3.8) is 0 Å². The van der Waals surface area contributed by atoms with Gasteiger partial charge in [-0.15, -0.1) is 0 Å². The van der Waals surface area contributed by atoms with Crippen molar-refractivity contribution in [3.05, 3.63) is 117 Å². The van der Waals surface area contributed by atoms with Gasteiger partial charge in [-0.3, -0.25) is 9.79 Å². The molecule has 0 fully saturated rings. The molecule has 1 aliphatic rings. The SMILES string of the molecule is CCOc1c2cccc1Cc1cccc(c1OP(=O)(O)O)Cc1cccc(c1O)Cc1cccc(c1O)C2. The van der Waals surface area contributed by atoms with E-state index in [-0.39, 0.29) is 23.7 Å². The monoisotopic (exact) mass is 532 g/mol. The van der Waals surface area contributed by atoms with Gasteiger partial charge in [-0.2, -0.15) is 0 Å². The number of hydrogen-bond acceptors (Lipinski definition) is 5. The number of fused-ring (bicyclic) bond motifs is 8. The minimum Gasteiger partial charge on any atom is -0.507 e. The summed E-state index contributed by atoms with van der Waals surface area (Å²) in [5.74, 6) is 1.01. The van der Waals surface area contributed by atoms with Gasteiger partial charge in [-0.1, -0.05) is 72.8 Å². The Hall–Kier alpha value is -3.77. The van der Waals surface area contributed by atoms with Crippen LogP contribution in [0.3, 0.4) is 0 Å². The third-order valence-corrected chi connectivity index (χ3v) is 7.21. The number of rotatable bonds is 4. The zero-order valence-corrected chi connectivity index (χ0v) is 21.8. The van der Waals surface area contributed by atoms with E-state index in [9.17, 15) is 24.6 Å². The van der Waals surface area contributed by atoms with E-state index in [1.807, 2.05) is 55.5 Å². The molecule has 5 rings (SSSR count). The molecule has 38 heavy (non-hydrogen) atoms. The van der Waals surface area contributed by atoms with Crippen LogP contribution in [0.2, 0.25) is 0 Å².